The Balaban J connectivity index is 2.81. The van der Waals surface area contributed by atoms with Crippen LogP contribution in [0.1, 0.15) is 18.9 Å². The Bertz CT molecular complexity index is 294. The molecule has 0 amide bonds. The third-order valence-electron chi connectivity index (χ3n) is 1.60. The van der Waals surface area contributed by atoms with Gasteiger partial charge in [0.15, 0.2) is 0 Å². The first-order chi connectivity index (χ1) is 5.79. The Morgan fingerprint density at radius 3 is 3.08 bits per heavy atom. The zero-order valence-corrected chi connectivity index (χ0v) is 7.33. The van der Waals surface area contributed by atoms with Crippen LogP contribution in [0.2, 0.25) is 0 Å². The van der Waals surface area contributed by atoms with E-state index in [9.17, 15) is 0 Å². The van der Waals surface area contributed by atoms with Gasteiger partial charge in [-0.1, -0.05) is 6.92 Å². The van der Waals surface area contributed by atoms with Crippen LogP contribution in [0.3, 0.4) is 0 Å². The number of aryl methyl sites for hydroxylation is 1. The Morgan fingerprint density at radius 2 is 2.50 bits per heavy atom. The first kappa shape index (κ1) is 8.60. The van der Waals surface area contributed by atoms with Crippen molar-refractivity contribution in [3.05, 3.63) is 11.8 Å². The van der Waals surface area contributed by atoms with Gasteiger partial charge in [-0.3, -0.25) is 4.68 Å². The number of aromatic nitrogens is 2. The van der Waals surface area contributed by atoms with Crippen molar-refractivity contribution >= 4 is 5.82 Å². The quantitative estimate of drug-likeness (QED) is 0.728. The normalized spacial score (nSPS) is 9.42. The third-order valence-corrected chi connectivity index (χ3v) is 1.60. The molecule has 1 heterocycles. The second kappa shape index (κ2) is 3.77. The number of nitrogens with one attached hydrogen (secondary N) is 1. The molecule has 1 aromatic rings. The fraction of sp³-hybridized carbons (Fsp3) is 0.500. The van der Waals surface area contributed by atoms with Crippen molar-refractivity contribution in [3.8, 4) is 6.07 Å². The fourth-order valence-electron chi connectivity index (χ4n) is 0.972. The number of hydrogen-bond donors (Lipinski definition) is 1. The van der Waals surface area contributed by atoms with E-state index < -0.39 is 0 Å². The fourth-order valence-corrected chi connectivity index (χ4v) is 0.972. The zero-order chi connectivity index (χ0) is 8.97. The number of anilines is 1. The molecule has 4 heteroatoms. The highest BCUT2D eigenvalue weighted by atomic mass is 15.3. The molecule has 64 valence electrons. The monoisotopic (exact) mass is 164 g/mol. The summed E-state index contributed by atoms with van der Waals surface area (Å²) in [6, 6.07) is 2.08. The average molecular weight is 164 g/mol. The molecule has 0 unspecified atom stereocenters. The smallest absolute Gasteiger partial charge is 0.142 e. The van der Waals surface area contributed by atoms with E-state index in [1.54, 1.807) is 10.9 Å². The number of hydrogen-bond acceptors (Lipinski definition) is 3. The Labute approximate surface area is 71.8 Å². The summed E-state index contributed by atoms with van der Waals surface area (Å²) in [5, 5.41) is 15.8. The summed E-state index contributed by atoms with van der Waals surface area (Å²) in [5.41, 5.74) is 0.603. The highest BCUT2D eigenvalue weighted by Crippen LogP contribution is 2.11. The molecule has 1 N–H and O–H groups in total. The summed E-state index contributed by atoms with van der Waals surface area (Å²) < 4.78 is 1.67. The molecule has 0 saturated carbocycles. The van der Waals surface area contributed by atoms with Crippen LogP contribution < -0.4 is 5.32 Å². The van der Waals surface area contributed by atoms with Gasteiger partial charge in [0.25, 0.3) is 0 Å². The zero-order valence-electron chi connectivity index (χ0n) is 7.33. The van der Waals surface area contributed by atoms with Crippen molar-refractivity contribution in [2.24, 2.45) is 7.05 Å². The van der Waals surface area contributed by atoms with Crippen molar-refractivity contribution in [2.45, 2.75) is 13.3 Å². The van der Waals surface area contributed by atoms with Gasteiger partial charge in [-0.25, -0.2) is 0 Å². The third kappa shape index (κ3) is 1.56. The molecule has 0 atom stereocenters. The molecule has 12 heavy (non-hydrogen) atoms. The molecule has 0 aliphatic heterocycles. The standard InChI is InChI=1S/C8H12N4/c1-3-4-10-8-7(5-9)6-11-12(8)2/h6,10H,3-4H2,1-2H3. The van der Waals surface area contributed by atoms with Crippen molar-refractivity contribution < 1.29 is 0 Å². The van der Waals surface area contributed by atoms with E-state index in [4.69, 9.17) is 5.26 Å². The summed E-state index contributed by atoms with van der Waals surface area (Å²) in [5.74, 6) is 0.805. The van der Waals surface area contributed by atoms with Gasteiger partial charge < -0.3 is 5.32 Å². The lowest BCUT2D eigenvalue weighted by atomic mass is 10.3. The van der Waals surface area contributed by atoms with E-state index in [1.807, 2.05) is 7.05 Å². The van der Waals surface area contributed by atoms with Crippen LogP contribution in [0, 0.1) is 11.3 Å². The number of rotatable bonds is 3. The van der Waals surface area contributed by atoms with Gasteiger partial charge >= 0.3 is 0 Å². The lowest BCUT2D eigenvalue weighted by molar-refractivity contribution is 0.766. The predicted molar refractivity (Wildman–Crippen MR) is 46.7 cm³/mol. The van der Waals surface area contributed by atoms with Crippen LogP contribution in [-0.4, -0.2) is 16.3 Å². The van der Waals surface area contributed by atoms with E-state index in [2.05, 4.69) is 23.4 Å². The van der Waals surface area contributed by atoms with Crippen LogP contribution in [0.25, 0.3) is 0 Å². The molecule has 0 bridgehead atoms. The molecular weight excluding hydrogens is 152 g/mol. The van der Waals surface area contributed by atoms with E-state index in [0.29, 0.717) is 5.56 Å². The lowest BCUT2D eigenvalue weighted by Crippen LogP contribution is -2.06. The van der Waals surface area contributed by atoms with Crippen molar-refractivity contribution in [1.29, 1.82) is 5.26 Å². The van der Waals surface area contributed by atoms with Gasteiger partial charge in [0.05, 0.1) is 6.20 Å². The van der Waals surface area contributed by atoms with Crippen LogP contribution >= 0.6 is 0 Å². The van der Waals surface area contributed by atoms with Crippen molar-refractivity contribution in [1.82, 2.24) is 9.78 Å². The Morgan fingerprint density at radius 1 is 1.75 bits per heavy atom. The molecule has 1 rings (SSSR count). The molecule has 0 fully saturated rings. The average Bonchev–Trinajstić information content (AvgIpc) is 2.43. The minimum Gasteiger partial charge on any atom is -0.369 e. The maximum absolute atomic E-state index is 8.69. The molecule has 1 aromatic heterocycles. The van der Waals surface area contributed by atoms with Gasteiger partial charge in [0.2, 0.25) is 0 Å². The Hall–Kier alpha value is -1.50. The summed E-state index contributed by atoms with van der Waals surface area (Å²) >= 11 is 0. The van der Waals surface area contributed by atoms with Gasteiger partial charge in [-0.2, -0.15) is 10.4 Å². The molecule has 0 aliphatic rings. The summed E-state index contributed by atoms with van der Waals surface area (Å²) in [6.45, 7) is 2.95. The van der Waals surface area contributed by atoms with Crippen LogP contribution in [0.5, 0.6) is 0 Å². The van der Waals surface area contributed by atoms with Gasteiger partial charge in [-0.05, 0) is 6.42 Å². The van der Waals surface area contributed by atoms with Gasteiger partial charge in [-0.15, -0.1) is 0 Å². The summed E-state index contributed by atoms with van der Waals surface area (Å²) in [6.07, 6.45) is 2.61. The van der Waals surface area contributed by atoms with Crippen LogP contribution in [0.15, 0.2) is 6.20 Å². The second-order valence-electron chi connectivity index (χ2n) is 2.57. The topological polar surface area (TPSA) is 53.6 Å². The molecule has 0 radical (unpaired) electrons. The number of nitrogens with zero attached hydrogens (tertiary/aromatic N) is 3. The Kier molecular flexibility index (Phi) is 2.70. The van der Waals surface area contributed by atoms with E-state index in [0.717, 1.165) is 18.8 Å². The minimum absolute atomic E-state index is 0.603. The van der Waals surface area contributed by atoms with E-state index >= 15 is 0 Å². The van der Waals surface area contributed by atoms with Gasteiger partial charge in [0, 0.05) is 13.6 Å². The lowest BCUT2D eigenvalue weighted by Gasteiger charge is -2.04. The van der Waals surface area contributed by atoms with E-state index in [1.165, 1.54) is 0 Å². The summed E-state index contributed by atoms with van der Waals surface area (Å²) in [7, 11) is 1.82. The van der Waals surface area contributed by atoms with E-state index in [-0.39, 0.29) is 0 Å². The predicted octanol–water partition coefficient (Wildman–Crippen LogP) is 1.11. The SMILES string of the molecule is CCCNc1c(C#N)cnn1C. The van der Waals surface area contributed by atoms with Gasteiger partial charge in [0.1, 0.15) is 17.5 Å². The van der Waals surface area contributed by atoms with Crippen molar-refractivity contribution in [2.75, 3.05) is 11.9 Å². The largest absolute Gasteiger partial charge is 0.369 e. The first-order valence-electron chi connectivity index (χ1n) is 3.95. The minimum atomic E-state index is 0.603. The molecule has 4 nitrogen and oxygen atoms in total. The van der Waals surface area contributed by atoms with Crippen LogP contribution in [-0.2, 0) is 7.05 Å². The molecule has 0 spiro atoms. The molecule has 0 aliphatic carbocycles. The summed E-state index contributed by atoms with van der Waals surface area (Å²) in [4.78, 5) is 0. The van der Waals surface area contributed by atoms with Crippen molar-refractivity contribution in [3.63, 3.8) is 0 Å². The highest BCUT2D eigenvalue weighted by Gasteiger charge is 2.05. The highest BCUT2D eigenvalue weighted by molar-refractivity contribution is 5.51. The second-order valence-corrected chi connectivity index (χ2v) is 2.57. The first-order valence-corrected chi connectivity index (χ1v) is 3.95. The molecule has 0 saturated heterocycles. The maximum atomic E-state index is 8.69. The maximum Gasteiger partial charge on any atom is 0.142 e. The van der Waals surface area contributed by atoms with Crippen LogP contribution in [0.4, 0.5) is 5.82 Å². The number of nitriles is 1. The molecule has 0 aromatic carbocycles. The molecular formula is C8H12N4.